The van der Waals surface area contributed by atoms with Crippen LogP contribution in [0, 0.1) is 20.8 Å². The van der Waals surface area contributed by atoms with Gasteiger partial charge in [-0.2, -0.15) is 0 Å². The van der Waals surface area contributed by atoms with E-state index in [1.165, 1.54) is 27.7 Å². The largest absolute Gasteiger partial charge is 0.384 e. The number of likely N-dealkylation sites (N-methyl/N-ethyl adjacent to an activating group) is 1. The third-order valence-electron chi connectivity index (χ3n) is 5.77. The van der Waals surface area contributed by atoms with Crippen molar-refractivity contribution < 1.29 is 5.11 Å². The number of aromatic nitrogens is 2. The average Bonchev–Trinajstić information content (AvgIpc) is 2.86. The van der Waals surface area contributed by atoms with Gasteiger partial charge in [0.05, 0.1) is 6.54 Å². The molecule has 0 saturated carbocycles. The van der Waals surface area contributed by atoms with Gasteiger partial charge in [-0.25, -0.2) is 0 Å². The van der Waals surface area contributed by atoms with Crippen LogP contribution in [-0.4, -0.2) is 33.1 Å². The quantitative estimate of drug-likeness (QED) is 0.768. The minimum absolute atomic E-state index is 0.550. The van der Waals surface area contributed by atoms with Crippen LogP contribution < -0.4 is 0 Å². The second kappa shape index (κ2) is 6.47. The summed E-state index contributed by atoms with van der Waals surface area (Å²) in [4.78, 5) is 6.84. The first-order chi connectivity index (χ1) is 12.7. The van der Waals surface area contributed by atoms with Gasteiger partial charge >= 0.3 is 0 Å². The van der Waals surface area contributed by atoms with E-state index in [0.29, 0.717) is 6.54 Å². The summed E-state index contributed by atoms with van der Waals surface area (Å²) in [5, 5.41) is 12.7. The monoisotopic (exact) mass is 363 g/mol. The Labute approximate surface area is 161 Å². The molecule has 0 aliphatic carbocycles. The number of pyridine rings is 1. The third-order valence-corrected chi connectivity index (χ3v) is 5.77. The van der Waals surface area contributed by atoms with E-state index < -0.39 is 5.60 Å². The molecule has 1 unspecified atom stereocenters. The molecule has 0 amide bonds. The Balaban J connectivity index is 1.84. The van der Waals surface area contributed by atoms with Crippen LogP contribution in [0.15, 0.2) is 30.3 Å². The lowest BCUT2D eigenvalue weighted by Gasteiger charge is -2.29. The van der Waals surface area contributed by atoms with Crippen LogP contribution in [0.2, 0.25) is 0 Å². The maximum absolute atomic E-state index is 11.4. The van der Waals surface area contributed by atoms with Crippen molar-refractivity contribution in [3.63, 3.8) is 0 Å². The van der Waals surface area contributed by atoms with Crippen molar-refractivity contribution in [3.8, 4) is 0 Å². The molecule has 1 N–H and O–H groups in total. The fourth-order valence-corrected chi connectivity index (χ4v) is 4.42. The highest BCUT2D eigenvalue weighted by Gasteiger charge is 2.29. The molecule has 3 aromatic rings. The van der Waals surface area contributed by atoms with Crippen molar-refractivity contribution in [1.82, 2.24) is 14.5 Å². The molecule has 0 radical (unpaired) electrons. The summed E-state index contributed by atoms with van der Waals surface area (Å²) in [6.45, 7) is 10.6. The Morgan fingerprint density at radius 2 is 1.81 bits per heavy atom. The average molecular weight is 364 g/mol. The zero-order chi connectivity index (χ0) is 19.3. The molecule has 4 nitrogen and oxygen atoms in total. The topological polar surface area (TPSA) is 41.3 Å². The molecular formula is C23H29N3O. The minimum atomic E-state index is -0.952. The molecule has 0 bridgehead atoms. The van der Waals surface area contributed by atoms with Gasteiger partial charge in [0, 0.05) is 47.5 Å². The molecule has 0 saturated heterocycles. The fraction of sp³-hybridized carbons (Fsp3) is 0.435. The Hall–Kier alpha value is -2.17. The zero-order valence-corrected chi connectivity index (χ0v) is 17.0. The van der Waals surface area contributed by atoms with Crippen molar-refractivity contribution >= 4 is 10.9 Å². The van der Waals surface area contributed by atoms with E-state index in [1.54, 1.807) is 0 Å². The summed E-state index contributed by atoms with van der Waals surface area (Å²) in [6.07, 6.45) is 1.02. The number of benzene rings is 1. The normalized spacial score (nSPS) is 17.1. The molecule has 1 aliphatic heterocycles. The van der Waals surface area contributed by atoms with Crippen molar-refractivity contribution in [2.24, 2.45) is 0 Å². The maximum Gasteiger partial charge on any atom is 0.105 e. The number of nitrogens with zero attached hydrogens (tertiary/aromatic N) is 3. The highest BCUT2D eigenvalue weighted by Crippen LogP contribution is 2.34. The van der Waals surface area contributed by atoms with E-state index in [9.17, 15) is 5.11 Å². The Kier molecular flexibility index (Phi) is 4.36. The van der Waals surface area contributed by atoms with Crippen molar-refractivity contribution in [2.45, 2.75) is 52.8 Å². The molecule has 0 spiro atoms. The van der Waals surface area contributed by atoms with Crippen molar-refractivity contribution in [1.29, 1.82) is 0 Å². The summed E-state index contributed by atoms with van der Waals surface area (Å²) in [5.74, 6) is 0. The Morgan fingerprint density at radius 1 is 1.11 bits per heavy atom. The maximum atomic E-state index is 11.4. The van der Waals surface area contributed by atoms with E-state index in [2.05, 4.69) is 46.6 Å². The third kappa shape index (κ3) is 3.28. The summed E-state index contributed by atoms with van der Waals surface area (Å²) in [6, 6.07) is 10.7. The van der Waals surface area contributed by atoms with Crippen LogP contribution in [0.5, 0.6) is 0 Å². The van der Waals surface area contributed by atoms with E-state index in [4.69, 9.17) is 0 Å². The number of fused-ring (bicyclic) bond motifs is 3. The first-order valence-corrected chi connectivity index (χ1v) is 9.72. The minimum Gasteiger partial charge on any atom is -0.384 e. The molecule has 3 heterocycles. The lowest BCUT2D eigenvalue weighted by Crippen LogP contribution is -2.31. The molecular weight excluding hydrogens is 334 g/mol. The summed E-state index contributed by atoms with van der Waals surface area (Å²) < 4.78 is 2.35. The second-order valence-corrected chi connectivity index (χ2v) is 8.43. The number of hydrogen-bond acceptors (Lipinski definition) is 3. The molecule has 1 aromatic carbocycles. The van der Waals surface area contributed by atoms with Gasteiger partial charge in [-0.05, 0) is 70.1 Å². The van der Waals surface area contributed by atoms with Crippen molar-refractivity contribution in [3.05, 3.63) is 64.1 Å². The van der Waals surface area contributed by atoms with Gasteiger partial charge in [-0.3, -0.25) is 4.98 Å². The smallest absolute Gasteiger partial charge is 0.105 e. The lowest BCUT2D eigenvalue weighted by atomic mass is 9.95. The first-order valence-electron chi connectivity index (χ1n) is 9.72. The van der Waals surface area contributed by atoms with Gasteiger partial charge in [0.25, 0.3) is 0 Å². The van der Waals surface area contributed by atoms with Crippen LogP contribution in [0.3, 0.4) is 0 Å². The van der Waals surface area contributed by atoms with Gasteiger partial charge in [-0.15, -0.1) is 0 Å². The fourth-order valence-electron chi connectivity index (χ4n) is 4.42. The first kappa shape index (κ1) is 18.2. The Bertz CT molecular complexity index is 996. The summed E-state index contributed by atoms with van der Waals surface area (Å²) in [7, 11) is 2.18. The van der Waals surface area contributed by atoms with Gasteiger partial charge < -0.3 is 14.6 Å². The second-order valence-electron chi connectivity index (χ2n) is 8.43. The Morgan fingerprint density at radius 3 is 2.52 bits per heavy atom. The van der Waals surface area contributed by atoms with Gasteiger partial charge in [0.15, 0.2) is 0 Å². The zero-order valence-electron chi connectivity index (χ0n) is 17.0. The predicted molar refractivity (Wildman–Crippen MR) is 110 cm³/mol. The standard InChI is InChI=1S/C23H29N3O/c1-15-6-7-21-19(10-15)20-13-25(5)9-8-22(20)26(21)14-23(4,27)18-11-16(2)24-17(3)12-18/h6-7,10-12,27H,8-9,13-14H2,1-5H3. The van der Waals surface area contributed by atoms with Crippen LogP contribution in [0.4, 0.5) is 0 Å². The van der Waals surface area contributed by atoms with E-state index in [-0.39, 0.29) is 0 Å². The SMILES string of the molecule is Cc1ccc2c(c1)c1c(n2CC(C)(O)c2cc(C)nc(C)c2)CCN(C)C1. The van der Waals surface area contributed by atoms with Crippen LogP contribution in [0.25, 0.3) is 10.9 Å². The molecule has 0 fully saturated rings. The number of aliphatic hydroxyl groups is 1. The molecule has 142 valence electrons. The highest BCUT2D eigenvalue weighted by molar-refractivity contribution is 5.86. The van der Waals surface area contributed by atoms with Gasteiger partial charge in [0.2, 0.25) is 0 Å². The van der Waals surface area contributed by atoms with E-state index >= 15 is 0 Å². The van der Waals surface area contributed by atoms with Gasteiger partial charge in [0.1, 0.15) is 5.60 Å². The summed E-state index contributed by atoms with van der Waals surface area (Å²) in [5.41, 5.74) is 7.17. The highest BCUT2D eigenvalue weighted by atomic mass is 16.3. The molecule has 1 atom stereocenters. The lowest BCUT2D eigenvalue weighted by molar-refractivity contribution is 0.0383. The van der Waals surface area contributed by atoms with Gasteiger partial charge in [-0.1, -0.05) is 11.6 Å². The molecule has 4 heteroatoms. The van der Waals surface area contributed by atoms with E-state index in [1.807, 2.05) is 32.9 Å². The molecule has 1 aliphatic rings. The summed E-state index contributed by atoms with van der Waals surface area (Å²) >= 11 is 0. The number of hydrogen-bond donors (Lipinski definition) is 1. The van der Waals surface area contributed by atoms with Crippen LogP contribution in [0.1, 0.15) is 40.7 Å². The predicted octanol–water partition coefficient (Wildman–Crippen LogP) is 3.86. The molecule has 2 aromatic heterocycles. The van der Waals surface area contributed by atoms with Crippen LogP contribution >= 0.6 is 0 Å². The van der Waals surface area contributed by atoms with Crippen LogP contribution in [-0.2, 0) is 25.1 Å². The number of rotatable bonds is 3. The van der Waals surface area contributed by atoms with E-state index in [0.717, 1.165) is 36.5 Å². The number of aryl methyl sites for hydroxylation is 3. The molecule has 27 heavy (non-hydrogen) atoms. The molecule has 4 rings (SSSR count). The van der Waals surface area contributed by atoms with Crippen molar-refractivity contribution in [2.75, 3.05) is 13.6 Å².